The van der Waals surface area contributed by atoms with Crippen LogP contribution < -0.4 is 0 Å². The SMILES string of the molecule is Fc1cccc(-c2ccc(F)c(Cl)c2F)c1F. The first-order valence-corrected chi connectivity index (χ1v) is 4.98. The van der Waals surface area contributed by atoms with Crippen LogP contribution in [0.3, 0.4) is 0 Å². The van der Waals surface area contributed by atoms with Gasteiger partial charge in [0.1, 0.15) is 10.8 Å². The maximum Gasteiger partial charge on any atom is 0.166 e. The second kappa shape index (κ2) is 4.37. The standard InChI is InChI=1S/C12H5ClF4/c13-10-8(14)5-4-7(12(10)17)6-2-1-3-9(15)11(6)16/h1-5H. The third-order valence-corrected chi connectivity index (χ3v) is 2.62. The lowest BCUT2D eigenvalue weighted by Crippen LogP contribution is -1.94. The lowest BCUT2D eigenvalue weighted by Gasteiger charge is -2.07. The third-order valence-electron chi connectivity index (χ3n) is 2.28. The van der Waals surface area contributed by atoms with Crippen LogP contribution >= 0.6 is 11.6 Å². The zero-order chi connectivity index (χ0) is 12.6. The fourth-order valence-electron chi connectivity index (χ4n) is 1.45. The average Bonchev–Trinajstić information content (AvgIpc) is 2.31. The molecule has 0 heterocycles. The normalized spacial score (nSPS) is 10.6. The molecule has 0 N–H and O–H groups in total. The second-order valence-electron chi connectivity index (χ2n) is 3.32. The lowest BCUT2D eigenvalue weighted by atomic mass is 10.0. The molecule has 0 saturated heterocycles. The van der Waals surface area contributed by atoms with E-state index >= 15 is 0 Å². The van der Waals surface area contributed by atoms with Crippen molar-refractivity contribution in [2.75, 3.05) is 0 Å². The minimum Gasteiger partial charge on any atom is -0.205 e. The summed E-state index contributed by atoms with van der Waals surface area (Å²) in [6, 6.07) is 5.22. The van der Waals surface area contributed by atoms with E-state index in [-0.39, 0.29) is 11.1 Å². The van der Waals surface area contributed by atoms with Crippen molar-refractivity contribution in [2.24, 2.45) is 0 Å². The largest absolute Gasteiger partial charge is 0.205 e. The van der Waals surface area contributed by atoms with Crippen LogP contribution in [0.2, 0.25) is 5.02 Å². The predicted molar refractivity (Wildman–Crippen MR) is 56.7 cm³/mol. The maximum atomic E-state index is 13.6. The van der Waals surface area contributed by atoms with Gasteiger partial charge in [0, 0.05) is 11.1 Å². The van der Waals surface area contributed by atoms with E-state index in [2.05, 4.69) is 0 Å². The summed E-state index contributed by atoms with van der Waals surface area (Å²) < 4.78 is 52.9. The van der Waals surface area contributed by atoms with Gasteiger partial charge in [0.2, 0.25) is 0 Å². The summed E-state index contributed by atoms with van der Waals surface area (Å²) in [7, 11) is 0. The van der Waals surface area contributed by atoms with Gasteiger partial charge in [-0.25, -0.2) is 17.6 Å². The Bertz CT molecular complexity index is 581. The molecule has 2 rings (SSSR count). The van der Waals surface area contributed by atoms with E-state index in [0.717, 1.165) is 18.2 Å². The number of benzene rings is 2. The van der Waals surface area contributed by atoms with Gasteiger partial charge in [0.05, 0.1) is 0 Å². The van der Waals surface area contributed by atoms with E-state index in [4.69, 9.17) is 11.6 Å². The van der Waals surface area contributed by atoms with Crippen LogP contribution in [-0.4, -0.2) is 0 Å². The van der Waals surface area contributed by atoms with E-state index in [1.54, 1.807) is 0 Å². The molecule has 0 aromatic heterocycles. The Morgan fingerprint density at radius 2 is 1.35 bits per heavy atom. The molecule has 0 saturated carbocycles. The Kier molecular flexibility index (Phi) is 3.07. The molecule has 0 radical (unpaired) electrons. The predicted octanol–water partition coefficient (Wildman–Crippen LogP) is 4.56. The first kappa shape index (κ1) is 11.9. The van der Waals surface area contributed by atoms with Gasteiger partial charge in [0.15, 0.2) is 17.5 Å². The van der Waals surface area contributed by atoms with E-state index < -0.39 is 28.3 Å². The fraction of sp³-hybridized carbons (Fsp3) is 0. The van der Waals surface area contributed by atoms with Crippen LogP contribution in [0, 0.1) is 23.3 Å². The summed E-state index contributed by atoms with van der Waals surface area (Å²) in [5, 5.41) is -0.744. The quantitative estimate of drug-likeness (QED) is 0.521. The van der Waals surface area contributed by atoms with Crippen LogP contribution in [0.1, 0.15) is 0 Å². The third kappa shape index (κ3) is 2.00. The Balaban J connectivity index is 2.69. The van der Waals surface area contributed by atoms with Crippen molar-refractivity contribution in [3.05, 3.63) is 58.6 Å². The molecule has 0 aliphatic heterocycles. The molecular formula is C12H5ClF4. The van der Waals surface area contributed by atoms with Gasteiger partial charge < -0.3 is 0 Å². The van der Waals surface area contributed by atoms with E-state index in [1.807, 2.05) is 0 Å². The highest BCUT2D eigenvalue weighted by molar-refractivity contribution is 6.31. The summed E-state index contributed by atoms with van der Waals surface area (Å²) in [6.45, 7) is 0. The van der Waals surface area contributed by atoms with Crippen LogP contribution in [0.15, 0.2) is 30.3 Å². The van der Waals surface area contributed by atoms with Crippen molar-refractivity contribution in [3.8, 4) is 11.1 Å². The Morgan fingerprint density at radius 3 is 2.06 bits per heavy atom. The van der Waals surface area contributed by atoms with Crippen molar-refractivity contribution in [3.63, 3.8) is 0 Å². The van der Waals surface area contributed by atoms with Gasteiger partial charge in [-0.3, -0.25) is 0 Å². The fourth-order valence-corrected chi connectivity index (χ4v) is 1.61. The van der Waals surface area contributed by atoms with Crippen molar-refractivity contribution >= 4 is 11.6 Å². The molecule has 0 atom stereocenters. The van der Waals surface area contributed by atoms with Gasteiger partial charge in [-0.05, 0) is 18.2 Å². The van der Waals surface area contributed by atoms with Gasteiger partial charge in [0.25, 0.3) is 0 Å². The van der Waals surface area contributed by atoms with Crippen LogP contribution in [0.5, 0.6) is 0 Å². The van der Waals surface area contributed by atoms with Crippen molar-refractivity contribution in [1.82, 2.24) is 0 Å². The molecule has 0 unspecified atom stereocenters. The summed E-state index contributed by atoms with van der Waals surface area (Å²) in [4.78, 5) is 0. The highest BCUT2D eigenvalue weighted by atomic mass is 35.5. The van der Waals surface area contributed by atoms with Crippen molar-refractivity contribution < 1.29 is 17.6 Å². The molecule has 5 heteroatoms. The molecule has 0 aliphatic rings. The summed E-state index contributed by atoms with van der Waals surface area (Å²) in [6.07, 6.45) is 0. The van der Waals surface area contributed by atoms with Crippen molar-refractivity contribution in [1.29, 1.82) is 0 Å². The topological polar surface area (TPSA) is 0 Å². The van der Waals surface area contributed by atoms with E-state index in [1.165, 1.54) is 12.1 Å². The van der Waals surface area contributed by atoms with Gasteiger partial charge in [-0.15, -0.1) is 0 Å². The average molecular weight is 261 g/mol. The molecule has 0 nitrogen and oxygen atoms in total. The highest BCUT2D eigenvalue weighted by Crippen LogP contribution is 2.31. The highest BCUT2D eigenvalue weighted by Gasteiger charge is 2.17. The van der Waals surface area contributed by atoms with Gasteiger partial charge >= 0.3 is 0 Å². The Hall–Kier alpha value is -1.55. The first-order chi connectivity index (χ1) is 8.02. The molecule has 0 bridgehead atoms. The Morgan fingerprint density at radius 1 is 0.706 bits per heavy atom. The lowest BCUT2D eigenvalue weighted by molar-refractivity contribution is 0.510. The van der Waals surface area contributed by atoms with E-state index in [9.17, 15) is 17.6 Å². The first-order valence-electron chi connectivity index (χ1n) is 4.60. The molecule has 0 amide bonds. The Labute approximate surface area is 99.5 Å². The maximum absolute atomic E-state index is 13.6. The zero-order valence-corrected chi connectivity index (χ0v) is 9.03. The summed E-state index contributed by atoms with van der Waals surface area (Å²) in [5.74, 6) is -4.38. The van der Waals surface area contributed by atoms with Crippen molar-refractivity contribution in [2.45, 2.75) is 0 Å². The monoisotopic (exact) mass is 260 g/mol. The van der Waals surface area contributed by atoms with Crippen LogP contribution in [-0.2, 0) is 0 Å². The summed E-state index contributed by atoms with van der Waals surface area (Å²) >= 11 is 5.36. The molecular weight excluding hydrogens is 256 g/mol. The number of rotatable bonds is 1. The van der Waals surface area contributed by atoms with Crippen LogP contribution in [0.25, 0.3) is 11.1 Å². The van der Waals surface area contributed by atoms with Gasteiger partial charge in [-0.1, -0.05) is 23.7 Å². The molecule has 0 fully saturated rings. The smallest absolute Gasteiger partial charge is 0.166 e. The molecule has 0 spiro atoms. The minimum absolute atomic E-state index is 0.284. The number of hydrogen-bond acceptors (Lipinski definition) is 0. The van der Waals surface area contributed by atoms with E-state index in [0.29, 0.717) is 0 Å². The molecule has 17 heavy (non-hydrogen) atoms. The molecule has 88 valence electrons. The molecule has 2 aromatic carbocycles. The van der Waals surface area contributed by atoms with Gasteiger partial charge in [-0.2, -0.15) is 0 Å². The molecule has 2 aromatic rings. The number of hydrogen-bond donors (Lipinski definition) is 0. The summed E-state index contributed by atoms with van der Waals surface area (Å²) in [5.41, 5.74) is -0.585. The van der Waals surface area contributed by atoms with Crippen LogP contribution in [0.4, 0.5) is 17.6 Å². The zero-order valence-electron chi connectivity index (χ0n) is 8.28. The minimum atomic E-state index is -1.20. The number of halogens is 5. The molecule has 0 aliphatic carbocycles. The second-order valence-corrected chi connectivity index (χ2v) is 3.70.